The third-order valence-electron chi connectivity index (χ3n) is 2.92. The van der Waals surface area contributed by atoms with Crippen molar-refractivity contribution in [3.05, 3.63) is 29.8 Å². The topological polar surface area (TPSA) is 58.2 Å². The molecule has 0 fully saturated rings. The molecule has 1 aromatic rings. The first-order chi connectivity index (χ1) is 9.17. The average Bonchev–Trinajstić information content (AvgIpc) is 2.43. The molecule has 0 radical (unpaired) electrons. The van der Waals surface area contributed by atoms with E-state index < -0.39 is 0 Å². The molecular formula is C15H22N2O2. The zero-order valence-electron chi connectivity index (χ0n) is 11.7. The van der Waals surface area contributed by atoms with Gasteiger partial charge in [-0.1, -0.05) is 26.2 Å². The maximum absolute atomic E-state index is 11.7. The van der Waals surface area contributed by atoms with Crippen LogP contribution < -0.4 is 10.6 Å². The molecule has 2 amide bonds. The third-order valence-corrected chi connectivity index (χ3v) is 2.92. The molecular weight excluding hydrogens is 240 g/mol. The van der Waals surface area contributed by atoms with Crippen LogP contribution in [0.1, 0.15) is 49.4 Å². The van der Waals surface area contributed by atoms with Crippen molar-refractivity contribution in [3.8, 4) is 0 Å². The Morgan fingerprint density at radius 2 is 1.74 bits per heavy atom. The van der Waals surface area contributed by atoms with Crippen LogP contribution in [-0.4, -0.2) is 18.9 Å². The molecule has 4 heteroatoms. The Hall–Kier alpha value is -1.84. The first kappa shape index (κ1) is 15.2. The normalized spacial score (nSPS) is 10.0. The van der Waals surface area contributed by atoms with Gasteiger partial charge in [-0.3, -0.25) is 9.59 Å². The molecule has 0 saturated heterocycles. The van der Waals surface area contributed by atoms with Gasteiger partial charge in [0.1, 0.15) is 0 Å². The minimum Gasteiger partial charge on any atom is -0.355 e. The predicted octanol–water partition coefficient (Wildman–Crippen LogP) is 2.96. The standard InChI is InChI=1S/C15H22N2O2/c1-3-4-5-6-7-14(18)17-13-10-8-12(9-11-13)15(19)16-2/h8-11H,3-7H2,1-2H3,(H,16,19)(H,17,18). The second kappa shape index (κ2) is 8.29. The van der Waals surface area contributed by atoms with E-state index in [4.69, 9.17) is 0 Å². The molecule has 0 aliphatic heterocycles. The molecule has 0 spiro atoms. The Bertz CT molecular complexity index is 413. The average molecular weight is 262 g/mol. The summed E-state index contributed by atoms with van der Waals surface area (Å²) in [5, 5.41) is 5.39. The second-order valence-electron chi connectivity index (χ2n) is 4.52. The number of amides is 2. The van der Waals surface area contributed by atoms with Crippen LogP contribution >= 0.6 is 0 Å². The summed E-state index contributed by atoms with van der Waals surface area (Å²) in [5.74, 6) is -0.0961. The number of unbranched alkanes of at least 4 members (excludes halogenated alkanes) is 3. The van der Waals surface area contributed by atoms with Gasteiger partial charge in [0, 0.05) is 24.7 Å². The maximum Gasteiger partial charge on any atom is 0.251 e. The summed E-state index contributed by atoms with van der Waals surface area (Å²) in [7, 11) is 1.59. The Morgan fingerprint density at radius 1 is 1.05 bits per heavy atom. The number of carbonyl (C=O) groups excluding carboxylic acids is 2. The fourth-order valence-corrected chi connectivity index (χ4v) is 1.79. The first-order valence-electron chi connectivity index (χ1n) is 6.79. The second-order valence-corrected chi connectivity index (χ2v) is 4.52. The molecule has 0 aromatic heterocycles. The number of benzene rings is 1. The molecule has 104 valence electrons. The minimum absolute atomic E-state index is 0.0313. The summed E-state index contributed by atoms with van der Waals surface area (Å²) < 4.78 is 0. The summed E-state index contributed by atoms with van der Waals surface area (Å²) in [4.78, 5) is 23.0. The van der Waals surface area contributed by atoms with Gasteiger partial charge in [-0.2, -0.15) is 0 Å². The quantitative estimate of drug-likeness (QED) is 0.742. The van der Waals surface area contributed by atoms with Crippen LogP contribution in [0.15, 0.2) is 24.3 Å². The molecule has 0 aliphatic carbocycles. The van der Waals surface area contributed by atoms with Crippen LogP contribution in [-0.2, 0) is 4.79 Å². The molecule has 0 unspecified atom stereocenters. The minimum atomic E-state index is -0.127. The van der Waals surface area contributed by atoms with E-state index in [1.165, 1.54) is 12.8 Å². The zero-order valence-corrected chi connectivity index (χ0v) is 11.7. The van der Waals surface area contributed by atoms with Gasteiger partial charge in [0.2, 0.25) is 5.91 Å². The number of hydrogen-bond donors (Lipinski definition) is 2. The smallest absolute Gasteiger partial charge is 0.251 e. The van der Waals surface area contributed by atoms with Gasteiger partial charge in [0.25, 0.3) is 5.91 Å². The monoisotopic (exact) mass is 262 g/mol. The van der Waals surface area contributed by atoms with Crippen molar-refractivity contribution in [2.45, 2.75) is 39.0 Å². The Balaban J connectivity index is 2.40. The summed E-state index contributed by atoms with van der Waals surface area (Å²) in [6.45, 7) is 2.15. The van der Waals surface area contributed by atoms with E-state index in [9.17, 15) is 9.59 Å². The van der Waals surface area contributed by atoms with Gasteiger partial charge in [-0.15, -0.1) is 0 Å². The molecule has 0 heterocycles. The molecule has 2 N–H and O–H groups in total. The van der Waals surface area contributed by atoms with E-state index in [1.807, 2.05) is 0 Å². The van der Waals surface area contributed by atoms with Crippen LogP contribution in [0.4, 0.5) is 5.69 Å². The number of anilines is 1. The molecule has 0 bridgehead atoms. The molecule has 4 nitrogen and oxygen atoms in total. The van der Waals surface area contributed by atoms with Crippen molar-refractivity contribution in [2.75, 3.05) is 12.4 Å². The van der Waals surface area contributed by atoms with Gasteiger partial charge in [-0.05, 0) is 30.7 Å². The molecule has 0 aliphatic rings. The SMILES string of the molecule is CCCCCCC(=O)Nc1ccc(C(=O)NC)cc1. The van der Waals surface area contributed by atoms with Crippen LogP contribution in [0, 0.1) is 0 Å². The molecule has 0 atom stereocenters. The summed E-state index contributed by atoms with van der Waals surface area (Å²) in [6, 6.07) is 6.89. The van der Waals surface area contributed by atoms with Crippen molar-refractivity contribution >= 4 is 17.5 Å². The van der Waals surface area contributed by atoms with Gasteiger partial charge in [0.15, 0.2) is 0 Å². The van der Waals surface area contributed by atoms with Crippen LogP contribution in [0.25, 0.3) is 0 Å². The highest BCUT2D eigenvalue weighted by Crippen LogP contribution is 2.11. The predicted molar refractivity (Wildman–Crippen MR) is 77.2 cm³/mol. The number of nitrogens with one attached hydrogen (secondary N) is 2. The zero-order chi connectivity index (χ0) is 14.1. The lowest BCUT2D eigenvalue weighted by atomic mass is 10.1. The lowest BCUT2D eigenvalue weighted by molar-refractivity contribution is -0.116. The molecule has 19 heavy (non-hydrogen) atoms. The van der Waals surface area contributed by atoms with E-state index in [0.29, 0.717) is 12.0 Å². The Kier molecular flexibility index (Phi) is 6.64. The van der Waals surface area contributed by atoms with Gasteiger partial charge < -0.3 is 10.6 Å². The van der Waals surface area contributed by atoms with Crippen molar-refractivity contribution in [3.63, 3.8) is 0 Å². The van der Waals surface area contributed by atoms with Gasteiger partial charge in [-0.25, -0.2) is 0 Å². The van der Waals surface area contributed by atoms with Gasteiger partial charge >= 0.3 is 0 Å². The lowest BCUT2D eigenvalue weighted by Crippen LogP contribution is -2.17. The third kappa shape index (κ3) is 5.55. The fourth-order valence-electron chi connectivity index (χ4n) is 1.79. The maximum atomic E-state index is 11.7. The molecule has 1 rings (SSSR count). The van der Waals surface area contributed by atoms with Gasteiger partial charge in [0.05, 0.1) is 0 Å². The van der Waals surface area contributed by atoms with Crippen LogP contribution in [0.2, 0.25) is 0 Å². The lowest BCUT2D eigenvalue weighted by Gasteiger charge is -2.06. The molecule has 0 saturated carbocycles. The highest BCUT2D eigenvalue weighted by molar-refractivity contribution is 5.95. The van der Waals surface area contributed by atoms with E-state index in [1.54, 1.807) is 31.3 Å². The van der Waals surface area contributed by atoms with Crippen molar-refractivity contribution in [2.24, 2.45) is 0 Å². The Morgan fingerprint density at radius 3 is 2.32 bits per heavy atom. The fraction of sp³-hybridized carbons (Fsp3) is 0.467. The highest BCUT2D eigenvalue weighted by Gasteiger charge is 2.04. The van der Waals surface area contributed by atoms with Crippen molar-refractivity contribution < 1.29 is 9.59 Å². The summed E-state index contributed by atoms with van der Waals surface area (Å²) in [6.07, 6.45) is 4.92. The van der Waals surface area contributed by atoms with Crippen LogP contribution in [0.3, 0.4) is 0 Å². The number of hydrogen-bond acceptors (Lipinski definition) is 2. The van der Waals surface area contributed by atoms with E-state index >= 15 is 0 Å². The van der Waals surface area contributed by atoms with E-state index in [2.05, 4.69) is 17.6 Å². The molecule has 1 aromatic carbocycles. The highest BCUT2D eigenvalue weighted by atomic mass is 16.2. The van der Waals surface area contributed by atoms with Crippen molar-refractivity contribution in [1.29, 1.82) is 0 Å². The number of rotatable bonds is 7. The Labute approximate surface area is 114 Å². The van der Waals surface area contributed by atoms with E-state index in [0.717, 1.165) is 18.5 Å². The first-order valence-corrected chi connectivity index (χ1v) is 6.79. The summed E-state index contributed by atoms with van der Waals surface area (Å²) in [5.41, 5.74) is 1.32. The van der Waals surface area contributed by atoms with E-state index in [-0.39, 0.29) is 11.8 Å². The number of carbonyl (C=O) groups is 2. The van der Waals surface area contributed by atoms with Crippen molar-refractivity contribution in [1.82, 2.24) is 5.32 Å². The van der Waals surface area contributed by atoms with Crippen LogP contribution in [0.5, 0.6) is 0 Å². The largest absolute Gasteiger partial charge is 0.355 e. The summed E-state index contributed by atoms with van der Waals surface area (Å²) >= 11 is 0.